The van der Waals surface area contributed by atoms with Gasteiger partial charge in [0.25, 0.3) is 0 Å². The average Bonchev–Trinajstić information content (AvgIpc) is 2.66. The molecule has 0 aliphatic carbocycles. The van der Waals surface area contributed by atoms with Gasteiger partial charge in [0.15, 0.2) is 0 Å². The molecule has 2 amide bonds. The van der Waals surface area contributed by atoms with Gasteiger partial charge in [0.2, 0.25) is 0 Å². The SMILES string of the molecule is COc1ccccc1CNC(=O)N1CCN(c2c(C)cc(C)cc2C)CC1. The molecule has 2 aromatic rings. The van der Waals surface area contributed by atoms with Gasteiger partial charge in [0.1, 0.15) is 5.75 Å². The fraction of sp³-hybridized carbons (Fsp3) is 0.409. The summed E-state index contributed by atoms with van der Waals surface area (Å²) in [5.41, 5.74) is 6.21. The van der Waals surface area contributed by atoms with Crippen LogP contribution in [0.3, 0.4) is 0 Å². The number of carbonyl (C=O) groups excluding carboxylic acids is 1. The number of piperazine rings is 1. The van der Waals surface area contributed by atoms with Crippen LogP contribution in [-0.2, 0) is 6.54 Å². The van der Waals surface area contributed by atoms with Crippen molar-refractivity contribution >= 4 is 11.7 Å². The van der Waals surface area contributed by atoms with E-state index >= 15 is 0 Å². The summed E-state index contributed by atoms with van der Waals surface area (Å²) in [6.07, 6.45) is 0. The molecule has 27 heavy (non-hydrogen) atoms. The van der Waals surface area contributed by atoms with Gasteiger partial charge in [-0.1, -0.05) is 35.9 Å². The van der Waals surface area contributed by atoms with E-state index < -0.39 is 0 Å². The third-order valence-corrected chi connectivity index (χ3v) is 5.14. The maximum absolute atomic E-state index is 12.5. The summed E-state index contributed by atoms with van der Waals surface area (Å²) >= 11 is 0. The van der Waals surface area contributed by atoms with Crippen molar-refractivity contribution in [3.63, 3.8) is 0 Å². The number of amides is 2. The van der Waals surface area contributed by atoms with Crippen molar-refractivity contribution in [1.29, 1.82) is 0 Å². The molecule has 1 aliphatic heterocycles. The second kappa shape index (κ2) is 8.33. The van der Waals surface area contributed by atoms with E-state index in [4.69, 9.17) is 4.74 Å². The Morgan fingerprint density at radius 1 is 1.04 bits per heavy atom. The number of nitrogens with zero attached hydrogens (tertiary/aromatic N) is 2. The molecular formula is C22H29N3O2. The van der Waals surface area contributed by atoms with E-state index in [1.54, 1.807) is 7.11 Å². The van der Waals surface area contributed by atoms with Gasteiger partial charge in [-0.25, -0.2) is 4.79 Å². The highest BCUT2D eigenvalue weighted by molar-refractivity contribution is 5.75. The summed E-state index contributed by atoms with van der Waals surface area (Å²) in [6, 6.07) is 12.2. The monoisotopic (exact) mass is 367 g/mol. The van der Waals surface area contributed by atoms with Crippen molar-refractivity contribution in [1.82, 2.24) is 10.2 Å². The van der Waals surface area contributed by atoms with Gasteiger partial charge in [-0.05, 0) is 38.0 Å². The van der Waals surface area contributed by atoms with Gasteiger partial charge < -0.3 is 19.9 Å². The van der Waals surface area contributed by atoms with Crippen molar-refractivity contribution in [3.05, 3.63) is 58.7 Å². The predicted octanol–water partition coefficient (Wildman–Crippen LogP) is 3.65. The lowest BCUT2D eigenvalue weighted by Crippen LogP contribution is -2.52. The van der Waals surface area contributed by atoms with Crippen LogP contribution in [0.2, 0.25) is 0 Å². The number of urea groups is 1. The molecule has 1 aliphatic rings. The minimum Gasteiger partial charge on any atom is -0.496 e. The number of nitrogens with one attached hydrogen (secondary N) is 1. The van der Waals surface area contributed by atoms with Crippen LogP contribution in [-0.4, -0.2) is 44.2 Å². The van der Waals surface area contributed by atoms with E-state index in [1.807, 2.05) is 29.2 Å². The zero-order chi connectivity index (χ0) is 19.4. The van der Waals surface area contributed by atoms with E-state index in [9.17, 15) is 4.79 Å². The first kappa shape index (κ1) is 19.1. The minimum atomic E-state index is -0.0158. The number of carbonyl (C=O) groups is 1. The average molecular weight is 367 g/mol. The summed E-state index contributed by atoms with van der Waals surface area (Å²) < 4.78 is 5.35. The van der Waals surface area contributed by atoms with Gasteiger partial charge in [-0.2, -0.15) is 0 Å². The molecule has 0 atom stereocenters. The fourth-order valence-corrected chi connectivity index (χ4v) is 3.94. The van der Waals surface area contributed by atoms with Crippen molar-refractivity contribution in [3.8, 4) is 5.75 Å². The lowest BCUT2D eigenvalue weighted by molar-refractivity contribution is 0.194. The predicted molar refractivity (Wildman–Crippen MR) is 110 cm³/mol. The zero-order valence-corrected chi connectivity index (χ0v) is 16.7. The molecule has 0 radical (unpaired) electrons. The van der Waals surface area contributed by atoms with E-state index in [2.05, 4.69) is 43.1 Å². The second-order valence-corrected chi connectivity index (χ2v) is 7.19. The third-order valence-electron chi connectivity index (χ3n) is 5.14. The summed E-state index contributed by atoms with van der Waals surface area (Å²) in [5.74, 6) is 0.799. The van der Waals surface area contributed by atoms with E-state index in [-0.39, 0.29) is 6.03 Å². The number of benzene rings is 2. The minimum absolute atomic E-state index is 0.0158. The Labute approximate surface area is 161 Å². The van der Waals surface area contributed by atoms with Crippen LogP contribution in [0.5, 0.6) is 5.75 Å². The highest BCUT2D eigenvalue weighted by Crippen LogP contribution is 2.27. The van der Waals surface area contributed by atoms with Gasteiger partial charge in [0, 0.05) is 44.0 Å². The quantitative estimate of drug-likeness (QED) is 0.897. The van der Waals surface area contributed by atoms with Crippen molar-refractivity contribution < 1.29 is 9.53 Å². The van der Waals surface area contributed by atoms with Crippen LogP contribution in [0.25, 0.3) is 0 Å². The lowest BCUT2D eigenvalue weighted by atomic mass is 10.0. The molecule has 144 valence electrons. The molecule has 0 spiro atoms. The smallest absolute Gasteiger partial charge is 0.317 e. The van der Waals surface area contributed by atoms with Crippen molar-refractivity contribution in [2.75, 3.05) is 38.2 Å². The van der Waals surface area contributed by atoms with Gasteiger partial charge in [-0.3, -0.25) is 0 Å². The van der Waals surface area contributed by atoms with Crippen LogP contribution >= 0.6 is 0 Å². The van der Waals surface area contributed by atoms with Crippen LogP contribution in [0.4, 0.5) is 10.5 Å². The standard InChI is InChI=1S/C22H29N3O2/c1-16-13-17(2)21(18(3)14-16)24-9-11-25(12-10-24)22(26)23-15-19-7-5-6-8-20(19)27-4/h5-8,13-14H,9-12,15H2,1-4H3,(H,23,26). The highest BCUT2D eigenvalue weighted by atomic mass is 16.5. The summed E-state index contributed by atoms with van der Waals surface area (Å²) in [6.45, 7) is 10.1. The van der Waals surface area contributed by atoms with Crippen molar-refractivity contribution in [2.24, 2.45) is 0 Å². The molecule has 0 saturated carbocycles. The summed E-state index contributed by atoms with van der Waals surface area (Å²) in [4.78, 5) is 16.8. The second-order valence-electron chi connectivity index (χ2n) is 7.19. The number of ether oxygens (including phenoxy) is 1. The Morgan fingerprint density at radius 2 is 1.67 bits per heavy atom. The number of rotatable bonds is 4. The highest BCUT2D eigenvalue weighted by Gasteiger charge is 2.23. The molecule has 1 N–H and O–H groups in total. The Morgan fingerprint density at radius 3 is 2.30 bits per heavy atom. The maximum Gasteiger partial charge on any atom is 0.317 e. The molecule has 1 heterocycles. The zero-order valence-electron chi connectivity index (χ0n) is 16.7. The van der Waals surface area contributed by atoms with Crippen LogP contribution in [0.1, 0.15) is 22.3 Å². The Kier molecular flexibility index (Phi) is 5.89. The van der Waals surface area contributed by atoms with Gasteiger partial charge in [0.05, 0.1) is 7.11 Å². The topological polar surface area (TPSA) is 44.8 Å². The van der Waals surface area contributed by atoms with Crippen LogP contribution < -0.4 is 15.0 Å². The number of hydrogen-bond donors (Lipinski definition) is 1. The molecule has 0 aromatic heterocycles. The lowest BCUT2D eigenvalue weighted by Gasteiger charge is -2.37. The molecule has 0 unspecified atom stereocenters. The van der Waals surface area contributed by atoms with Crippen molar-refractivity contribution in [2.45, 2.75) is 27.3 Å². The first-order valence-corrected chi connectivity index (χ1v) is 9.47. The number of methoxy groups -OCH3 is 1. The molecule has 0 bridgehead atoms. The molecular weight excluding hydrogens is 338 g/mol. The number of anilines is 1. The molecule has 5 heteroatoms. The normalized spacial score (nSPS) is 14.2. The summed E-state index contributed by atoms with van der Waals surface area (Å²) in [5, 5.41) is 3.02. The number of para-hydroxylation sites is 1. The summed E-state index contributed by atoms with van der Waals surface area (Å²) in [7, 11) is 1.65. The van der Waals surface area contributed by atoms with Crippen LogP contribution in [0.15, 0.2) is 36.4 Å². The van der Waals surface area contributed by atoms with E-state index in [0.717, 1.165) is 37.5 Å². The van der Waals surface area contributed by atoms with Gasteiger partial charge >= 0.3 is 6.03 Å². The Hall–Kier alpha value is -2.69. The molecule has 1 fully saturated rings. The third kappa shape index (κ3) is 4.35. The fourth-order valence-electron chi connectivity index (χ4n) is 3.94. The molecule has 5 nitrogen and oxygen atoms in total. The molecule has 2 aromatic carbocycles. The first-order valence-electron chi connectivity index (χ1n) is 9.47. The Bertz CT molecular complexity index is 788. The number of hydrogen-bond acceptors (Lipinski definition) is 3. The van der Waals surface area contributed by atoms with Gasteiger partial charge in [-0.15, -0.1) is 0 Å². The molecule has 3 rings (SSSR count). The van der Waals surface area contributed by atoms with E-state index in [1.165, 1.54) is 22.4 Å². The van der Waals surface area contributed by atoms with E-state index in [0.29, 0.717) is 6.54 Å². The van der Waals surface area contributed by atoms with Crippen LogP contribution in [0, 0.1) is 20.8 Å². The first-order chi connectivity index (χ1) is 13.0. The number of aryl methyl sites for hydroxylation is 3. The molecule has 1 saturated heterocycles. The maximum atomic E-state index is 12.5. The Balaban J connectivity index is 1.57. The largest absolute Gasteiger partial charge is 0.496 e.